The number of aryl methyl sites for hydroxylation is 1. The van der Waals surface area contributed by atoms with E-state index in [2.05, 4.69) is 46.7 Å². The summed E-state index contributed by atoms with van der Waals surface area (Å²) in [7, 11) is 0. The number of benzene rings is 1. The molecule has 0 bridgehead atoms. The summed E-state index contributed by atoms with van der Waals surface area (Å²) >= 11 is 0. The van der Waals surface area contributed by atoms with E-state index in [1.54, 1.807) is 0 Å². The number of likely N-dealkylation sites (tertiary alicyclic amines) is 1. The van der Waals surface area contributed by atoms with Crippen molar-refractivity contribution < 1.29 is 9.59 Å². The van der Waals surface area contributed by atoms with Crippen LogP contribution in [0.15, 0.2) is 30.5 Å². The monoisotopic (exact) mass is 381 g/mol. The van der Waals surface area contributed by atoms with Crippen LogP contribution in [0.1, 0.15) is 30.0 Å². The Morgan fingerprint density at radius 3 is 2.86 bits per heavy atom. The van der Waals surface area contributed by atoms with Gasteiger partial charge in [0.1, 0.15) is 0 Å². The van der Waals surface area contributed by atoms with Gasteiger partial charge in [-0.15, -0.1) is 0 Å². The molecule has 2 aliphatic heterocycles. The fourth-order valence-electron chi connectivity index (χ4n) is 4.13. The van der Waals surface area contributed by atoms with Crippen LogP contribution in [-0.4, -0.2) is 71.1 Å². The van der Waals surface area contributed by atoms with Crippen LogP contribution in [0.4, 0.5) is 0 Å². The number of piperidine rings is 1. The van der Waals surface area contributed by atoms with Gasteiger partial charge in [-0.05, 0) is 25.3 Å². The second-order valence-electron chi connectivity index (χ2n) is 7.80. The first-order valence-electron chi connectivity index (χ1n) is 9.97. The number of nitrogens with zero attached hydrogens (tertiary/aromatic N) is 3. The average molecular weight is 381 g/mol. The molecular weight excluding hydrogens is 354 g/mol. The van der Waals surface area contributed by atoms with E-state index in [9.17, 15) is 9.59 Å². The van der Waals surface area contributed by atoms with Crippen molar-refractivity contribution in [2.24, 2.45) is 0 Å². The fraction of sp³-hybridized carbons (Fsp3) is 0.476. The second-order valence-corrected chi connectivity index (χ2v) is 7.80. The minimum atomic E-state index is -0.00392. The molecule has 0 radical (unpaired) electrons. The number of carbonyl (C=O) groups is 2. The standard InChI is InChI=1S/C21H27N5O2/c1-15-4-6-16(7-5-15)18-11-23-24-21(18)17-3-2-9-26(12-17)20(28)14-25-10-8-22-19(27)13-25/h4-7,11,17H,2-3,8-10,12-14H2,1H3,(H,22,27)(H,23,24). The summed E-state index contributed by atoms with van der Waals surface area (Å²) in [5.41, 5.74) is 4.61. The molecule has 3 heterocycles. The van der Waals surface area contributed by atoms with E-state index in [0.717, 1.165) is 42.8 Å². The highest BCUT2D eigenvalue weighted by Gasteiger charge is 2.29. The average Bonchev–Trinajstić information content (AvgIpc) is 3.18. The highest BCUT2D eigenvalue weighted by molar-refractivity contribution is 5.82. The molecule has 4 rings (SSSR count). The highest BCUT2D eigenvalue weighted by Crippen LogP contribution is 2.33. The van der Waals surface area contributed by atoms with Gasteiger partial charge in [-0.3, -0.25) is 19.6 Å². The van der Waals surface area contributed by atoms with Crippen LogP contribution < -0.4 is 5.32 Å². The molecule has 1 atom stereocenters. The van der Waals surface area contributed by atoms with E-state index >= 15 is 0 Å². The molecule has 2 aromatic rings. The third kappa shape index (κ3) is 4.09. The largest absolute Gasteiger partial charge is 0.354 e. The van der Waals surface area contributed by atoms with Gasteiger partial charge in [0.05, 0.1) is 19.3 Å². The summed E-state index contributed by atoms with van der Waals surface area (Å²) < 4.78 is 0. The Morgan fingerprint density at radius 1 is 1.25 bits per heavy atom. The predicted molar refractivity (Wildman–Crippen MR) is 107 cm³/mol. The van der Waals surface area contributed by atoms with Crippen LogP contribution in [0.25, 0.3) is 11.1 Å². The molecule has 7 nitrogen and oxygen atoms in total. The summed E-state index contributed by atoms with van der Waals surface area (Å²) in [5.74, 6) is 0.354. The topological polar surface area (TPSA) is 81.3 Å². The summed E-state index contributed by atoms with van der Waals surface area (Å²) in [5, 5.41) is 10.3. The quantitative estimate of drug-likeness (QED) is 0.842. The zero-order chi connectivity index (χ0) is 19.5. The minimum Gasteiger partial charge on any atom is -0.354 e. The highest BCUT2D eigenvalue weighted by atomic mass is 16.2. The molecule has 2 N–H and O–H groups in total. The van der Waals surface area contributed by atoms with Crippen LogP contribution in [0.2, 0.25) is 0 Å². The van der Waals surface area contributed by atoms with E-state index < -0.39 is 0 Å². The number of rotatable bonds is 4. The Morgan fingerprint density at radius 2 is 2.07 bits per heavy atom. The molecule has 1 unspecified atom stereocenters. The molecule has 2 saturated heterocycles. The van der Waals surface area contributed by atoms with Crippen molar-refractivity contribution in [2.75, 3.05) is 39.3 Å². The van der Waals surface area contributed by atoms with Crippen molar-refractivity contribution in [3.8, 4) is 11.1 Å². The van der Waals surface area contributed by atoms with Gasteiger partial charge in [-0.2, -0.15) is 5.10 Å². The Hall–Kier alpha value is -2.67. The van der Waals surface area contributed by atoms with Gasteiger partial charge in [0.2, 0.25) is 11.8 Å². The lowest BCUT2D eigenvalue weighted by atomic mass is 9.90. The summed E-state index contributed by atoms with van der Waals surface area (Å²) in [4.78, 5) is 28.2. The summed E-state index contributed by atoms with van der Waals surface area (Å²) in [6.45, 7) is 5.52. The Kier molecular flexibility index (Phi) is 5.43. The third-order valence-electron chi connectivity index (χ3n) is 5.69. The first-order chi connectivity index (χ1) is 13.6. The maximum Gasteiger partial charge on any atom is 0.236 e. The fourth-order valence-corrected chi connectivity index (χ4v) is 4.13. The number of amides is 2. The number of piperazine rings is 1. The van der Waals surface area contributed by atoms with Crippen molar-refractivity contribution >= 4 is 11.8 Å². The molecule has 28 heavy (non-hydrogen) atoms. The molecular formula is C21H27N5O2. The molecule has 7 heteroatoms. The van der Waals surface area contributed by atoms with E-state index in [1.807, 2.05) is 16.0 Å². The van der Waals surface area contributed by atoms with E-state index in [0.29, 0.717) is 26.2 Å². The van der Waals surface area contributed by atoms with Crippen LogP contribution in [0.3, 0.4) is 0 Å². The lowest BCUT2D eigenvalue weighted by Gasteiger charge is -2.35. The summed E-state index contributed by atoms with van der Waals surface area (Å²) in [6, 6.07) is 8.46. The number of aromatic nitrogens is 2. The Balaban J connectivity index is 1.44. The van der Waals surface area contributed by atoms with Gasteiger partial charge in [0, 0.05) is 43.4 Å². The molecule has 1 aromatic carbocycles. The molecule has 2 aliphatic rings. The van der Waals surface area contributed by atoms with Crippen molar-refractivity contribution in [1.29, 1.82) is 0 Å². The number of aromatic amines is 1. The maximum atomic E-state index is 12.8. The van der Waals surface area contributed by atoms with Crippen molar-refractivity contribution in [3.63, 3.8) is 0 Å². The van der Waals surface area contributed by atoms with E-state index in [1.165, 1.54) is 5.56 Å². The number of carbonyl (C=O) groups excluding carboxylic acids is 2. The van der Waals surface area contributed by atoms with Gasteiger partial charge >= 0.3 is 0 Å². The Bertz CT molecular complexity index is 845. The second kappa shape index (κ2) is 8.14. The maximum absolute atomic E-state index is 12.8. The van der Waals surface area contributed by atoms with Crippen LogP contribution in [-0.2, 0) is 9.59 Å². The zero-order valence-corrected chi connectivity index (χ0v) is 16.3. The van der Waals surface area contributed by atoms with Crippen molar-refractivity contribution in [2.45, 2.75) is 25.7 Å². The van der Waals surface area contributed by atoms with Crippen LogP contribution in [0, 0.1) is 6.92 Å². The van der Waals surface area contributed by atoms with Gasteiger partial charge in [-0.1, -0.05) is 29.8 Å². The van der Waals surface area contributed by atoms with Crippen molar-refractivity contribution in [1.82, 2.24) is 25.3 Å². The number of hydrogen-bond donors (Lipinski definition) is 2. The van der Waals surface area contributed by atoms with Crippen LogP contribution in [0.5, 0.6) is 0 Å². The van der Waals surface area contributed by atoms with Crippen LogP contribution >= 0.6 is 0 Å². The molecule has 0 aliphatic carbocycles. The van der Waals surface area contributed by atoms with E-state index in [4.69, 9.17) is 0 Å². The Labute approximate surface area is 165 Å². The van der Waals surface area contributed by atoms with Gasteiger partial charge < -0.3 is 10.2 Å². The predicted octanol–water partition coefficient (Wildman–Crippen LogP) is 1.52. The SMILES string of the molecule is Cc1ccc(-c2cn[nH]c2C2CCCN(C(=O)CN3CCNC(=O)C3)C2)cc1. The smallest absolute Gasteiger partial charge is 0.236 e. The molecule has 0 saturated carbocycles. The van der Waals surface area contributed by atoms with Gasteiger partial charge in [0.15, 0.2) is 0 Å². The first kappa shape index (κ1) is 18.7. The summed E-state index contributed by atoms with van der Waals surface area (Å²) in [6.07, 6.45) is 3.90. The van der Waals surface area contributed by atoms with E-state index in [-0.39, 0.29) is 17.7 Å². The number of nitrogens with one attached hydrogen (secondary N) is 2. The minimum absolute atomic E-state index is 0.00392. The third-order valence-corrected chi connectivity index (χ3v) is 5.69. The lowest BCUT2D eigenvalue weighted by Crippen LogP contribution is -2.52. The number of H-pyrrole nitrogens is 1. The normalized spacial score (nSPS) is 20.8. The lowest BCUT2D eigenvalue weighted by molar-refractivity contribution is -0.135. The van der Waals surface area contributed by atoms with Gasteiger partial charge in [-0.25, -0.2) is 0 Å². The molecule has 0 spiro atoms. The molecule has 2 fully saturated rings. The van der Waals surface area contributed by atoms with Gasteiger partial charge in [0.25, 0.3) is 0 Å². The molecule has 148 valence electrons. The zero-order valence-electron chi connectivity index (χ0n) is 16.3. The first-order valence-corrected chi connectivity index (χ1v) is 9.97. The number of hydrogen-bond acceptors (Lipinski definition) is 4. The molecule has 2 amide bonds. The molecule has 1 aromatic heterocycles. The van der Waals surface area contributed by atoms with Crippen molar-refractivity contribution in [3.05, 3.63) is 41.7 Å².